The Hall–Kier alpha value is -1.18. The third kappa shape index (κ3) is 1.29. The minimum atomic E-state index is 0.948. The van der Waals surface area contributed by atoms with Crippen LogP contribution in [0.15, 0.2) is 24.3 Å². The first-order chi connectivity index (χ1) is 5.47. The minimum absolute atomic E-state index is 0.948. The van der Waals surface area contributed by atoms with Crippen molar-refractivity contribution >= 4 is 11.4 Å². The van der Waals surface area contributed by atoms with Gasteiger partial charge in [-0.15, -0.1) is 0 Å². The number of anilines is 1. The number of fused-ring (bicyclic) bond motifs is 1. The molecule has 57 valence electrons. The van der Waals surface area contributed by atoms with E-state index in [1.165, 1.54) is 5.69 Å². The first-order valence-corrected chi connectivity index (χ1v) is 3.97. The van der Waals surface area contributed by atoms with E-state index in [-0.39, 0.29) is 0 Å². The van der Waals surface area contributed by atoms with E-state index in [0.29, 0.717) is 0 Å². The topological polar surface area (TPSA) is 26.1 Å². The first kappa shape index (κ1) is 6.53. The average molecular weight is 147 g/mol. The molecule has 2 nitrogen and oxygen atoms in total. The number of benzene rings is 1. The molecule has 2 heteroatoms. The predicted octanol–water partition coefficient (Wildman–Crippen LogP) is 1.74. The average Bonchev–Trinajstić information content (AvgIpc) is 2.28. The lowest BCUT2D eigenvalue weighted by atomic mass is 10.3. The van der Waals surface area contributed by atoms with Crippen LogP contribution in [-0.4, -0.2) is 13.1 Å². The van der Waals surface area contributed by atoms with Crippen molar-refractivity contribution in [3.63, 3.8) is 0 Å². The van der Waals surface area contributed by atoms with Gasteiger partial charge >= 0.3 is 0 Å². The van der Waals surface area contributed by atoms with E-state index in [9.17, 15) is 0 Å². The molecular formula is C9H11N2. The Morgan fingerprint density at radius 1 is 1.27 bits per heavy atom. The molecule has 11 heavy (non-hydrogen) atoms. The molecule has 0 unspecified atom stereocenters. The van der Waals surface area contributed by atoms with Crippen molar-refractivity contribution in [1.29, 1.82) is 0 Å². The maximum atomic E-state index is 4.42. The van der Waals surface area contributed by atoms with Crippen LogP contribution in [0.5, 0.6) is 0 Å². The fraction of sp³-hybridized carbons (Fsp3) is 0.333. The second kappa shape index (κ2) is 2.82. The van der Waals surface area contributed by atoms with Crippen LogP contribution in [0.4, 0.5) is 11.4 Å². The Morgan fingerprint density at radius 3 is 3.18 bits per heavy atom. The molecule has 0 bridgehead atoms. The van der Waals surface area contributed by atoms with Crippen LogP contribution in [-0.2, 0) is 0 Å². The van der Waals surface area contributed by atoms with Gasteiger partial charge in [-0.2, -0.15) is 0 Å². The highest BCUT2D eigenvalue weighted by molar-refractivity contribution is 5.64. The van der Waals surface area contributed by atoms with Crippen LogP contribution in [0.1, 0.15) is 6.42 Å². The van der Waals surface area contributed by atoms with E-state index in [0.717, 1.165) is 25.2 Å². The number of hydrogen-bond donors (Lipinski definition) is 1. The fourth-order valence-electron chi connectivity index (χ4n) is 1.26. The molecule has 0 spiro atoms. The summed E-state index contributed by atoms with van der Waals surface area (Å²) in [5.74, 6) is 0. The van der Waals surface area contributed by atoms with E-state index in [2.05, 4.69) is 16.7 Å². The van der Waals surface area contributed by atoms with Gasteiger partial charge < -0.3 is 5.32 Å². The van der Waals surface area contributed by atoms with Crippen LogP contribution < -0.4 is 10.6 Å². The van der Waals surface area contributed by atoms with Crippen molar-refractivity contribution in [3.05, 3.63) is 24.3 Å². The molecule has 2 rings (SSSR count). The van der Waals surface area contributed by atoms with Gasteiger partial charge in [-0.25, -0.2) is 0 Å². The molecular weight excluding hydrogens is 136 g/mol. The van der Waals surface area contributed by atoms with Crippen LogP contribution in [0.25, 0.3) is 0 Å². The van der Waals surface area contributed by atoms with Gasteiger partial charge in [0.1, 0.15) is 0 Å². The largest absolute Gasteiger partial charge is 0.383 e. The Bertz CT molecular complexity index is 220. The van der Waals surface area contributed by atoms with Crippen LogP contribution in [0.2, 0.25) is 0 Å². The van der Waals surface area contributed by atoms with E-state index in [1.807, 2.05) is 18.2 Å². The van der Waals surface area contributed by atoms with Crippen molar-refractivity contribution < 1.29 is 0 Å². The molecule has 1 aliphatic rings. The van der Waals surface area contributed by atoms with Gasteiger partial charge in [-0.1, -0.05) is 12.1 Å². The zero-order valence-corrected chi connectivity index (χ0v) is 6.38. The molecule has 1 aliphatic heterocycles. The molecule has 0 atom stereocenters. The fourth-order valence-corrected chi connectivity index (χ4v) is 1.26. The Labute approximate surface area is 66.6 Å². The zero-order valence-electron chi connectivity index (χ0n) is 6.38. The van der Waals surface area contributed by atoms with Crippen LogP contribution in [0, 0.1) is 0 Å². The molecule has 0 aromatic heterocycles. The lowest BCUT2D eigenvalue weighted by Gasteiger charge is -2.04. The zero-order chi connectivity index (χ0) is 7.52. The van der Waals surface area contributed by atoms with E-state index >= 15 is 0 Å². The summed E-state index contributed by atoms with van der Waals surface area (Å²) in [6.07, 6.45) is 1.13. The van der Waals surface area contributed by atoms with Gasteiger partial charge in [0.25, 0.3) is 0 Å². The number of nitrogens with zero attached hydrogens (tertiary/aromatic N) is 1. The number of para-hydroxylation sites is 2. The Morgan fingerprint density at radius 2 is 2.18 bits per heavy atom. The van der Waals surface area contributed by atoms with Gasteiger partial charge in [0.05, 0.1) is 11.4 Å². The third-order valence-corrected chi connectivity index (χ3v) is 1.84. The van der Waals surface area contributed by atoms with Crippen molar-refractivity contribution in [2.45, 2.75) is 6.42 Å². The number of rotatable bonds is 0. The molecule has 1 aromatic rings. The Kier molecular flexibility index (Phi) is 1.68. The monoisotopic (exact) mass is 147 g/mol. The highest BCUT2D eigenvalue weighted by Crippen LogP contribution is 2.22. The summed E-state index contributed by atoms with van der Waals surface area (Å²) in [5, 5.41) is 7.76. The molecule has 1 aromatic carbocycles. The molecule has 0 aliphatic carbocycles. The lowest BCUT2D eigenvalue weighted by Crippen LogP contribution is -2.00. The molecule has 0 fully saturated rings. The SMILES string of the molecule is c1ccc2c(c1)[N]CCCN2. The molecule has 0 amide bonds. The third-order valence-electron chi connectivity index (χ3n) is 1.84. The maximum Gasteiger partial charge on any atom is 0.0805 e. The number of nitrogens with one attached hydrogen (secondary N) is 1. The quantitative estimate of drug-likeness (QED) is 0.594. The highest BCUT2D eigenvalue weighted by Gasteiger charge is 2.04. The van der Waals surface area contributed by atoms with E-state index in [1.54, 1.807) is 0 Å². The van der Waals surface area contributed by atoms with Gasteiger partial charge in [-0.3, -0.25) is 5.32 Å². The van der Waals surface area contributed by atoms with E-state index < -0.39 is 0 Å². The second-order valence-electron chi connectivity index (χ2n) is 2.68. The van der Waals surface area contributed by atoms with E-state index in [4.69, 9.17) is 0 Å². The molecule has 0 saturated carbocycles. The normalized spacial score (nSPS) is 15.6. The smallest absolute Gasteiger partial charge is 0.0805 e. The van der Waals surface area contributed by atoms with Crippen LogP contribution >= 0.6 is 0 Å². The summed E-state index contributed by atoms with van der Waals surface area (Å²) < 4.78 is 0. The summed E-state index contributed by atoms with van der Waals surface area (Å²) >= 11 is 0. The lowest BCUT2D eigenvalue weighted by molar-refractivity contribution is 0.797. The van der Waals surface area contributed by atoms with Gasteiger partial charge in [0.15, 0.2) is 0 Å². The van der Waals surface area contributed by atoms with Crippen molar-refractivity contribution in [2.75, 3.05) is 18.4 Å². The Balaban J connectivity index is 2.33. The van der Waals surface area contributed by atoms with Gasteiger partial charge in [0, 0.05) is 13.1 Å². The summed E-state index contributed by atoms with van der Waals surface area (Å²) in [4.78, 5) is 0. The standard InChI is InChI=1S/C9H11N2/c1-2-5-9-8(4-1)10-6-3-7-11-9/h1-2,4-5,10H,3,6-7H2. The first-order valence-electron chi connectivity index (χ1n) is 3.97. The molecule has 1 N–H and O–H groups in total. The molecule has 0 saturated heterocycles. The van der Waals surface area contributed by atoms with Crippen LogP contribution in [0.3, 0.4) is 0 Å². The summed E-state index contributed by atoms with van der Waals surface area (Å²) in [5.41, 5.74) is 2.27. The number of hydrogen-bond acceptors (Lipinski definition) is 1. The predicted molar refractivity (Wildman–Crippen MR) is 46.2 cm³/mol. The molecule has 1 radical (unpaired) electrons. The maximum absolute atomic E-state index is 4.42. The van der Waals surface area contributed by atoms with Gasteiger partial charge in [-0.05, 0) is 18.6 Å². The van der Waals surface area contributed by atoms with Gasteiger partial charge in [0.2, 0.25) is 0 Å². The van der Waals surface area contributed by atoms with Crippen molar-refractivity contribution in [1.82, 2.24) is 5.32 Å². The highest BCUT2D eigenvalue weighted by atomic mass is 15.0. The van der Waals surface area contributed by atoms with Crippen molar-refractivity contribution in [3.8, 4) is 0 Å². The second-order valence-corrected chi connectivity index (χ2v) is 2.68. The minimum Gasteiger partial charge on any atom is -0.383 e. The summed E-state index contributed by atoms with van der Waals surface area (Å²) in [7, 11) is 0. The van der Waals surface area contributed by atoms with Crippen molar-refractivity contribution in [2.24, 2.45) is 0 Å². The molecule has 1 heterocycles. The summed E-state index contributed by atoms with van der Waals surface area (Å²) in [6.45, 7) is 1.99. The summed E-state index contributed by atoms with van der Waals surface area (Å²) in [6, 6.07) is 8.18.